The lowest BCUT2D eigenvalue weighted by atomic mass is 10.1. The summed E-state index contributed by atoms with van der Waals surface area (Å²) >= 11 is 0. The Morgan fingerprint density at radius 1 is 1.21 bits per heavy atom. The Hall–Kier alpha value is -2.98. The highest BCUT2D eigenvalue weighted by molar-refractivity contribution is 5.95. The highest BCUT2D eigenvalue weighted by Crippen LogP contribution is 2.28. The van der Waals surface area contributed by atoms with Crippen molar-refractivity contribution in [2.24, 2.45) is 0 Å². The van der Waals surface area contributed by atoms with E-state index in [0.717, 1.165) is 6.07 Å². The molecule has 0 saturated heterocycles. The molecule has 148 valence electrons. The number of nitrogens with zero attached hydrogens (tertiary/aromatic N) is 3. The third-order valence-electron chi connectivity index (χ3n) is 3.99. The van der Waals surface area contributed by atoms with E-state index in [-0.39, 0.29) is 25.3 Å². The van der Waals surface area contributed by atoms with Crippen LogP contribution in [0.1, 0.15) is 17.0 Å². The summed E-state index contributed by atoms with van der Waals surface area (Å²) in [5.41, 5.74) is 0.235. The van der Waals surface area contributed by atoms with E-state index in [9.17, 15) is 23.1 Å². The molecule has 2 aromatic heterocycles. The minimum atomic E-state index is -4.59. The smallest absolute Gasteiger partial charge is 0.394 e. The maximum absolute atomic E-state index is 12.7. The molecule has 1 aromatic carbocycles. The topological polar surface area (TPSA) is 100 Å². The van der Waals surface area contributed by atoms with Crippen molar-refractivity contribution in [3.8, 4) is 0 Å². The number of halogens is 3. The predicted molar refractivity (Wildman–Crippen MR) is 94.3 cm³/mol. The summed E-state index contributed by atoms with van der Waals surface area (Å²) in [5.74, 6) is -0.566. The number of carbonyl (C=O) groups excluding carboxylic acids is 1. The van der Waals surface area contributed by atoms with Gasteiger partial charge in [-0.15, -0.1) is 0 Å². The Kier molecular flexibility index (Phi) is 5.61. The first-order valence-corrected chi connectivity index (χ1v) is 8.35. The molecule has 10 heteroatoms. The third-order valence-corrected chi connectivity index (χ3v) is 3.99. The number of aliphatic hydroxyl groups excluding tert-OH is 2. The van der Waals surface area contributed by atoms with Gasteiger partial charge in [-0.25, -0.2) is 4.98 Å². The van der Waals surface area contributed by atoms with Crippen LogP contribution in [0.15, 0.2) is 36.5 Å². The Morgan fingerprint density at radius 3 is 2.68 bits per heavy atom. The number of aromatic nitrogens is 3. The molecule has 0 aliphatic carbocycles. The Bertz CT molecular complexity index is 1000. The number of benzene rings is 1. The molecular weight excluding hydrogens is 377 g/mol. The van der Waals surface area contributed by atoms with Crippen LogP contribution in [0.2, 0.25) is 0 Å². The molecule has 3 N–H and O–H groups in total. The molecule has 7 nitrogen and oxygen atoms in total. The fourth-order valence-electron chi connectivity index (χ4n) is 2.73. The van der Waals surface area contributed by atoms with Gasteiger partial charge in [-0.2, -0.15) is 18.3 Å². The number of nitrogens with one attached hydrogen (secondary N) is 1. The normalized spacial score (nSPS) is 11.8. The number of fused-ring (bicyclic) bond motifs is 1. The molecule has 0 saturated carbocycles. The molecule has 0 spiro atoms. The summed E-state index contributed by atoms with van der Waals surface area (Å²) in [6.45, 7) is -0.152. The molecule has 0 aliphatic heterocycles. The zero-order valence-corrected chi connectivity index (χ0v) is 14.6. The van der Waals surface area contributed by atoms with Gasteiger partial charge in [-0.3, -0.25) is 9.48 Å². The Morgan fingerprint density at radius 2 is 2.00 bits per heavy atom. The molecule has 0 atom stereocenters. The zero-order valence-electron chi connectivity index (χ0n) is 14.6. The summed E-state index contributed by atoms with van der Waals surface area (Å²) in [4.78, 5) is 15.8. The molecule has 3 aromatic rings. The van der Waals surface area contributed by atoms with Crippen molar-refractivity contribution in [2.45, 2.75) is 25.7 Å². The van der Waals surface area contributed by atoms with Crippen molar-refractivity contribution in [3.63, 3.8) is 0 Å². The van der Waals surface area contributed by atoms with E-state index in [1.54, 1.807) is 18.3 Å². The van der Waals surface area contributed by atoms with Crippen LogP contribution in [-0.4, -0.2) is 37.5 Å². The van der Waals surface area contributed by atoms with Crippen molar-refractivity contribution in [1.82, 2.24) is 14.8 Å². The highest BCUT2D eigenvalue weighted by atomic mass is 19.4. The van der Waals surface area contributed by atoms with E-state index in [1.807, 2.05) is 0 Å². The standard InChI is InChI=1S/C18H17F3N4O3/c19-18(20,21)16-3-1-2-13(22-16)8-17(28)23-14-6-11-9-25(4-5-26)24-15(11)7-12(14)10-27/h1-3,6-7,9,26-27H,4-5,8,10H2,(H,23,28). The number of pyridine rings is 1. The van der Waals surface area contributed by atoms with Gasteiger partial charge in [0.05, 0.1) is 37.4 Å². The summed E-state index contributed by atoms with van der Waals surface area (Å²) in [5, 5.41) is 26.1. The molecule has 1 amide bonds. The van der Waals surface area contributed by atoms with E-state index in [1.165, 1.54) is 16.8 Å². The van der Waals surface area contributed by atoms with E-state index < -0.39 is 17.8 Å². The number of rotatable bonds is 6. The maximum Gasteiger partial charge on any atom is 0.433 e. The van der Waals surface area contributed by atoms with Crippen LogP contribution in [0, 0.1) is 0 Å². The summed E-state index contributed by atoms with van der Waals surface area (Å²) in [7, 11) is 0. The third kappa shape index (κ3) is 4.46. The van der Waals surface area contributed by atoms with Crippen molar-refractivity contribution >= 4 is 22.5 Å². The number of aliphatic hydroxyl groups is 2. The molecule has 0 unspecified atom stereocenters. The van der Waals surface area contributed by atoms with Crippen LogP contribution in [0.4, 0.5) is 18.9 Å². The van der Waals surface area contributed by atoms with Crippen LogP contribution >= 0.6 is 0 Å². The van der Waals surface area contributed by atoms with Crippen LogP contribution in [-0.2, 0) is 30.5 Å². The first-order chi connectivity index (χ1) is 13.3. The number of hydrogen-bond donors (Lipinski definition) is 3. The quantitative estimate of drug-likeness (QED) is 0.595. The van der Waals surface area contributed by atoms with Gasteiger partial charge >= 0.3 is 6.18 Å². The lowest BCUT2D eigenvalue weighted by Crippen LogP contribution is -2.17. The number of amides is 1. The van der Waals surface area contributed by atoms with Crippen LogP contribution in [0.25, 0.3) is 10.9 Å². The van der Waals surface area contributed by atoms with Crippen LogP contribution in [0.3, 0.4) is 0 Å². The average Bonchev–Trinajstić information content (AvgIpc) is 3.02. The maximum atomic E-state index is 12.7. The molecule has 28 heavy (non-hydrogen) atoms. The van der Waals surface area contributed by atoms with Gasteiger partial charge in [0.1, 0.15) is 5.69 Å². The fraction of sp³-hybridized carbons (Fsp3) is 0.278. The molecule has 0 bridgehead atoms. The van der Waals surface area contributed by atoms with Crippen molar-refractivity contribution in [1.29, 1.82) is 0 Å². The summed E-state index contributed by atoms with van der Waals surface area (Å²) in [6, 6.07) is 6.58. The number of hydrogen-bond acceptors (Lipinski definition) is 5. The van der Waals surface area contributed by atoms with Gasteiger partial charge < -0.3 is 15.5 Å². The molecule has 0 aliphatic rings. The van der Waals surface area contributed by atoms with E-state index in [4.69, 9.17) is 5.11 Å². The van der Waals surface area contributed by atoms with Gasteiger partial charge in [0.15, 0.2) is 0 Å². The second-order valence-corrected chi connectivity index (χ2v) is 6.08. The number of carbonyl (C=O) groups is 1. The largest absolute Gasteiger partial charge is 0.433 e. The van der Waals surface area contributed by atoms with Gasteiger partial charge in [0.2, 0.25) is 5.91 Å². The van der Waals surface area contributed by atoms with Gasteiger partial charge in [0, 0.05) is 22.8 Å². The molecule has 0 fully saturated rings. The van der Waals surface area contributed by atoms with Gasteiger partial charge in [-0.05, 0) is 24.3 Å². The van der Waals surface area contributed by atoms with Crippen LogP contribution in [0.5, 0.6) is 0 Å². The lowest BCUT2D eigenvalue weighted by molar-refractivity contribution is -0.141. The predicted octanol–water partition coefficient (Wildman–Crippen LogP) is 2.12. The molecular formula is C18H17F3N4O3. The first kappa shape index (κ1) is 19.8. The Labute approximate surface area is 157 Å². The Balaban J connectivity index is 1.80. The SMILES string of the molecule is O=C(Cc1cccc(C(F)(F)F)n1)Nc1cc2cn(CCO)nc2cc1CO. The van der Waals surface area contributed by atoms with E-state index >= 15 is 0 Å². The fourth-order valence-corrected chi connectivity index (χ4v) is 2.73. The molecule has 0 radical (unpaired) electrons. The highest BCUT2D eigenvalue weighted by Gasteiger charge is 2.32. The first-order valence-electron chi connectivity index (χ1n) is 8.35. The van der Waals surface area contributed by atoms with Gasteiger partial charge in [-0.1, -0.05) is 6.07 Å². The van der Waals surface area contributed by atoms with Crippen LogP contribution < -0.4 is 5.32 Å². The second-order valence-electron chi connectivity index (χ2n) is 6.08. The number of alkyl halides is 3. The minimum absolute atomic E-state index is 0.0188. The van der Waals surface area contributed by atoms with Gasteiger partial charge in [0.25, 0.3) is 0 Å². The average molecular weight is 394 g/mol. The second kappa shape index (κ2) is 7.95. The van der Waals surface area contributed by atoms with E-state index in [2.05, 4.69) is 15.4 Å². The molecule has 2 heterocycles. The zero-order chi connectivity index (χ0) is 20.3. The number of anilines is 1. The molecule has 3 rings (SSSR count). The lowest BCUT2D eigenvalue weighted by Gasteiger charge is -2.11. The van der Waals surface area contributed by atoms with Crippen molar-refractivity contribution in [3.05, 3.63) is 53.5 Å². The summed E-state index contributed by atoms with van der Waals surface area (Å²) < 4.78 is 39.8. The monoisotopic (exact) mass is 394 g/mol. The minimum Gasteiger partial charge on any atom is -0.394 e. The van der Waals surface area contributed by atoms with E-state index in [0.29, 0.717) is 28.7 Å². The van der Waals surface area contributed by atoms with Crippen molar-refractivity contribution in [2.75, 3.05) is 11.9 Å². The van der Waals surface area contributed by atoms with Crippen molar-refractivity contribution < 1.29 is 28.2 Å². The summed E-state index contributed by atoms with van der Waals surface area (Å²) in [6.07, 6.45) is -3.26.